The fraction of sp³-hybridized carbons (Fsp3) is 0.562. The van der Waals surface area contributed by atoms with E-state index in [0.29, 0.717) is 18.4 Å². The Kier molecular flexibility index (Phi) is 4.57. The number of nitrogens with one attached hydrogen (secondary N) is 2. The Bertz CT molecular complexity index is 538. The van der Waals surface area contributed by atoms with Crippen molar-refractivity contribution in [1.29, 1.82) is 0 Å². The van der Waals surface area contributed by atoms with Crippen LogP contribution in [0, 0.1) is 11.6 Å². The van der Waals surface area contributed by atoms with E-state index in [0.717, 1.165) is 26.1 Å². The Morgan fingerprint density at radius 3 is 2.50 bits per heavy atom. The highest BCUT2D eigenvalue weighted by molar-refractivity contribution is 5.80. The summed E-state index contributed by atoms with van der Waals surface area (Å²) in [5.41, 5.74) is 0.182. The molecular formula is C16H21F2N3O. The summed E-state index contributed by atoms with van der Waals surface area (Å²) in [5.74, 6) is -0.381. The maximum Gasteiger partial charge on any atom is 0.191 e. The first-order valence-electron chi connectivity index (χ1n) is 7.70. The zero-order chi connectivity index (χ0) is 15.5. The summed E-state index contributed by atoms with van der Waals surface area (Å²) in [4.78, 5) is 4.20. The summed E-state index contributed by atoms with van der Waals surface area (Å²) in [6.07, 6.45) is 2.60. The number of benzene rings is 1. The number of rotatable bonds is 3. The molecule has 2 unspecified atom stereocenters. The summed E-state index contributed by atoms with van der Waals surface area (Å²) < 4.78 is 32.9. The maximum absolute atomic E-state index is 13.8. The van der Waals surface area contributed by atoms with E-state index in [9.17, 15) is 8.78 Å². The van der Waals surface area contributed by atoms with Crippen molar-refractivity contribution in [3.8, 4) is 0 Å². The maximum atomic E-state index is 13.8. The van der Waals surface area contributed by atoms with Crippen LogP contribution in [0.2, 0.25) is 0 Å². The largest absolute Gasteiger partial charge is 0.381 e. The molecule has 0 spiro atoms. The van der Waals surface area contributed by atoms with Crippen LogP contribution in [0.1, 0.15) is 30.7 Å². The lowest BCUT2D eigenvalue weighted by Gasteiger charge is -2.25. The van der Waals surface area contributed by atoms with Gasteiger partial charge in [0.2, 0.25) is 0 Å². The summed E-state index contributed by atoms with van der Waals surface area (Å²) in [6, 6.07) is 4.37. The third-order valence-electron chi connectivity index (χ3n) is 4.27. The molecule has 1 heterocycles. The SMILES string of the molecule is CN=C(NC1CCOCC1)NC1CC1c1c(F)cccc1F. The van der Waals surface area contributed by atoms with Gasteiger partial charge in [0, 0.05) is 43.8 Å². The van der Waals surface area contributed by atoms with Crippen LogP contribution < -0.4 is 10.6 Å². The summed E-state index contributed by atoms with van der Waals surface area (Å²) >= 11 is 0. The predicted molar refractivity (Wildman–Crippen MR) is 81.0 cm³/mol. The van der Waals surface area contributed by atoms with Crippen LogP contribution in [0.3, 0.4) is 0 Å². The van der Waals surface area contributed by atoms with Crippen LogP contribution in [-0.2, 0) is 4.74 Å². The van der Waals surface area contributed by atoms with Gasteiger partial charge in [0.1, 0.15) is 11.6 Å². The van der Waals surface area contributed by atoms with Crippen LogP contribution in [0.4, 0.5) is 8.78 Å². The lowest BCUT2D eigenvalue weighted by molar-refractivity contribution is 0.0822. The first kappa shape index (κ1) is 15.2. The number of aliphatic imine (C=N–C) groups is 1. The molecule has 3 rings (SSSR count). The zero-order valence-electron chi connectivity index (χ0n) is 12.6. The average molecular weight is 309 g/mol. The second-order valence-corrected chi connectivity index (χ2v) is 5.83. The van der Waals surface area contributed by atoms with Gasteiger partial charge in [-0.1, -0.05) is 6.07 Å². The van der Waals surface area contributed by atoms with Crippen LogP contribution in [0.25, 0.3) is 0 Å². The lowest BCUT2D eigenvalue weighted by atomic mass is 10.1. The Hall–Kier alpha value is -1.69. The van der Waals surface area contributed by atoms with E-state index >= 15 is 0 Å². The van der Waals surface area contributed by atoms with Crippen LogP contribution in [-0.4, -0.2) is 38.3 Å². The minimum absolute atomic E-state index is 0.0254. The molecule has 0 radical (unpaired) electrons. The van der Waals surface area contributed by atoms with Crippen molar-refractivity contribution < 1.29 is 13.5 Å². The molecule has 1 saturated heterocycles. The molecule has 1 aromatic carbocycles. The minimum atomic E-state index is -0.471. The van der Waals surface area contributed by atoms with Crippen molar-refractivity contribution in [3.63, 3.8) is 0 Å². The van der Waals surface area contributed by atoms with E-state index in [1.165, 1.54) is 18.2 Å². The highest BCUT2D eigenvalue weighted by atomic mass is 19.1. The summed E-state index contributed by atoms with van der Waals surface area (Å²) in [6.45, 7) is 1.50. The third-order valence-corrected chi connectivity index (χ3v) is 4.27. The quantitative estimate of drug-likeness (QED) is 0.664. The van der Waals surface area contributed by atoms with Crippen LogP contribution >= 0.6 is 0 Å². The molecule has 1 aromatic rings. The molecule has 0 bridgehead atoms. The molecule has 1 saturated carbocycles. The fourth-order valence-corrected chi connectivity index (χ4v) is 2.92. The van der Waals surface area contributed by atoms with Crippen LogP contribution in [0.15, 0.2) is 23.2 Å². The van der Waals surface area contributed by atoms with E-state index in [1.54, 1.807) is 7.05 Å². The topological polar surface area (TPSA) is 45.7 Å². The van der Waals surface area contributed by atoms with Crippen molar-refractivity contribution in [2.75, 3.05) is 20.3 Å². The van der Waals surface area contributed by atoms with Gasteiger partial charge in [0.25, 0.3) is 0 Å². The Labute approximate surface area is 129 Å². The van der Waals surface area contributed by atoms with Gasteiger partial charge in [-0.3, -0.25) is 4.99 Å². The average Bonchev–Trinajstić information content (AvgIpc) is 3.26. The number of hydrogen-bond donors (Lipinski definition) is 2. The molecule has 2 fully saturated rings. The predicted octanol–water partition coefficient (Wildman–Crippen LogP) is 2.16. The van der Waals surface area contributed by atoms with Crippen molar-refractivity contribution in [2.45, 2.75) is 37.3 Å². The van der Waals surface area contributed by atoms with Crippen molar-refractivity contribution in [1.82, 2.24) is 10.6 Å². The second-order valence-electron chi connectivity index (χ2n) is 5.83. The van der Waals surface area contributed by atoms with Crippen molar-refractivity contribution in [3.05, 3.63) is 35.4 Å². The van der Waals surface area contributed by atoms with E-state index < -0.39 is 11.6 Å². The number of halogens is 2. The first-order chi connectivity index (χ1) is 10.7. The van der Waals surface area contributed by atoms with Gasteiger partial charge in [-0.05, 0) is 31.4 Å². The molecule has 22 heavy (non-hydrogen) atoms. The normalized spacial score (nSPS) is 25.9. The molecule has 4 nitrogen and oxygen atoms in total. The molecule has 2 aliphatic rings. The van der Waals surface area contributed by atoms with Crippen molar-refractivity contribution >= 4 is 5.96 Å². The summed E-state index contributed by atoms with van der Waals surface area (Å²) in [5, 5.41) is 6.61. The van der Waals surface area contributed by atoms with Crippen molar-refractivity contribution in [2.24, 2.45) is 4.99 Å². The molecule has 2 atom stereocenters. The highest BCUT2D eigenvalue weighted by Gasteiger charge is 2.42. The lowest BCUT2D eigenvalue weighted by Crippen LogP contribution is -2.46. The van der Waals surface area contributed by atoms with Gasteiger partial charge in [-0.15, -0.1) is 0 Å². The second kappa shape index (κ2) is 6.60. The van der Waals surface area contributed by atoms with E-state index in [4.69, 9.17) is 4.74 Å². The Morgan fingerprint density at radius 1 is 1.18 bits per heavy atom. The molecule has 2 N–H and O–H groups in total. The molecule has 6 heteroatoms. The summed E-state index contributed by atoms with van der Waals surface area (Å²) in [7, 11) is 1.70. The highest BCUT2D eigenvalue weighted by Crippen LogP contribution is 2.43. The third kappa shape index (κ3) is 3.38. The van der Waals surface area contributed by atoms with Gasteiger partial charge in [0.15, 0.2) is 5.96 Å². The monoisotopic (exact) mass is 309 g/mol. The van der Waals surface area contributed by atoms with E-state index in [2.05, 4.69) is 15.6 Å². The van der Waals surface area contributed by atoms with Gasteiger partial charge < -0.3 is 15.4 Å². The molecule has 1 aliphatic heterocycles. The molecule has 0 amide bonds. The molecule has 120 valence electrons. The standard InChI is InChI=1S/C16H21F2N3O/c1-19-16(20-10-5-7-22-8-6-10)21-14-9-11(14)15-12(17)3-2-4-13(15)18/h2-4,10-11,14H,5-9H2,1H3,(H2,19,20,21). The minimum Gasteiger partial charge on any atom is -0.381 e. The fourth-order valence-electron chi connectivity index (χ4n) is 2.92. The number of nitrogens with zero attached hydrogens (tertiary/aromatic N) is 1. The van der Waals surface area contributed by atoms with Gasteiger partial charge in [-0.2, -0.15) is 0 Å². The molecule has 1 aliphatic carbocycles. The first-order valence-corrected chi connectivity index (χ1v) is 7.70. The van der Waals surface area contributed by atoms with Gasteiger partial charge in [0.05, 0.1) is 0 Å². The smallest absolute Gasteiger partial charge is 0.191 e. The van der Waals surface area contributed by atoms with Gasteiger partial charge >= 0.3 is 0 Å². The van der Waals surface area contributed by atoms with E-state index in [1.807, 2.05) is 0 Å². The zero-order valence-corrected chi connectivity index (χ0v) is 12.6. The molecular weight excluding hydrogens is 288 g/mol. The van der Waals surface area contributed by atoms with E-state index in [-0.39, 0.29) is 17.5 Å². The Morgan fingerprint density at radius 2 is 1.86 bits per heavy atom. The number of hydrogen-bond acceptors (Lipinski definition) is 2. The number of guanidine groups is 1. The van der Waals surface area contributed by atoms with Gasteiger partial charge in [-0.25, -0.2) is 8.78 Å². The molecule has 0 aromatic heterocycles. The number of ether oxygens (including phenoxy) is 1. The van der Waals surface area contributed by atoms with Crippen LogP contribution in [0.5, 0.6) is 0 Å². The Balaban J connectivity index is 1.57.